The zero-order chi connectivity index (χ0) is 25.9. The molecule has 2 amide bonds. The molecule has 9 nitrogen and oxygen atoms in total. The molecule has 1 aromatic carbocycles. The molecule has 0 spiro atoms. The number of hydrogen-bond donors (Lipinski definition) is 1. The van der Waals surface area contributed by atoms with E-state index >= 15 is 0 Å². The van der Waals surface area contributed by atoms with Crippen LogP contribution in [0.2, 0.25) is 0 Å². The van der Waals surface area contributed by atoms with Gasteiger partial charge in [0, 0.05) is 19.2 Å². The minimum absolute atomic E-state index is 0.122. The van der Waals surface area contributed by atoms with E-state index < -0.39 is 17.8 Å². The van der Waals surface area contributed by atoms with E-state index in [-0.39, 0.29) is 37.7 Å². The topological polar surface area (TPSA) is 102 Å². The molecule has 2 fully saturated rings. The Hall–Kier alpha value is -2.78. The number of hydrogen-bond acceptors (Lipinski definition) is 7. The van der Waals surface area contributed by atoms with E-state index in [2.05, 4.69) is 0 Å². The number of rotatable bonds is 9. The number of unbranched alkanes of at least 4 members (excludes halogenated alkanes) is 1. The number of furan rings is 1. The second-order valence-electron chi connectivity index (χ2n) is 10.6. The highest BCUT2D eigenvalue weighted by atomic mass is 16.6. The minimum Gasteiger partial charge on any atom is -0.493 e. The molecule has 2 atom stereocenters. The molecule has 1 aliphatic heterocycles. The maximum absolute atomic E-state index is 13.7. The van der Waals surface area contributed by atoms with Gasteiger partial charge in [-0.25, -0.2) is 4.79 Å². The van der Waals surface area contributed by atoms with Crippen LogP contribution in [0, 0.1) is 0 Å². The van der Waals surface area contributed by atoms with E-state index in [1.807, 2.05) is 50.8 Å². The van der Waals surface area contributed by atoms with Crippen LogP contribution < -0.4 is 4.74 Å². The zero-order valence-electron chi connectivity index (χ0n) is 21.7. The molecular formula is C27H38N2O7. The van der Waals surface area contributed by atoms with Crippen LogP contribution in [0.4, 0.5) is 4.79 Å². The molecule has 198 valence electrons. The quantitative estimate of drug-likeness (QED) is 0.511. The van der Waals surface area contributed by atoms with Gasteiger partial charge in [-0.1, -0.05) is 0 Å². The summed E-state index contributed by atoms with van der Waals surface area (Å²) >= 11 is 0. The summed E-state index contributed by atoms with van der Waals surface area (Å²) in [7, 11) is 0. The first-order valence-electron chi connectivity index (χ1n) is 12.8. The minimum atomic E-state index is -0.740. The van der Waals surface area contributed by atoms with Crippen molar-refractivity contribution in [2.24, 2.45) is 0 Å². The monoisotopic (exact) mass is 502 g/mol. The first-order valence-corrected chi connectivity index (χ1v) is 12.8. The van der Waals surface area contributed by atoms with Gasteiger partial charge in [0.25, 0.3) is 5.91 Å². The summed E-state index contributed by atoms with van der Waals surface area (Å²) in [5.41, 5.74) is 1.01. The van der Waals surface area contributed by atoms with Gasteiger partial charge in [0.1, 0.15) is 16.9 Å². The smallest absolute Gasteiger partial charge is 0.410 e. The van der Waals surface area contributed by atoms with Crippen molar-refractivity contribution < 1.29 is 33.3 Å². The molecule has 2 aliphatic rings. The lowest BCUT2D eigenvalue weighted by Crippen LogP contribution is -2.54. The van der Waals surface area contributed by atoms with Crippen LogP contribution in [0.1, 0.15) is 65.0 Å². The van der Waals surface area contributed by atoms with Gasteiger partial charge in [0.05, 0.1) is 37.4 Å². The highest BCUT2D eigenvalue weighted by Crippen LogP contribution is 2.38. The van der Waals surface area contributed by atoms with Crippen molar-refractivity contribution in [3.8, 4) is 5.75 Å². The first kappa shape index (κ1) is 26.3. The van der Waals surface area contributed by atoms with Crippen molar-refractivity contribution in [1.82, 2.24) is 9.80 Å². The molecule has 2 aromatic rings. The zero-order valence-corrected chi connectivity index (χ0v) is 21.7. The highest BCUT2D eigenvalue weighted by Gasteiger charge is 2.42. The number of carbonyl (C=O) groups is 2. The molecule has 1 aromatic heterocycles. The third-order valence-electron chi connectivity index (χ3n) is 6.45. The van der Waals surface area contributed by atoms with Crippen molar-refractivity contribution >= 4 is 23.0 Å². The Morgan fingerprint density at radius 1 is 1.25 bits per heavy atom. The van der Waals surface area contributed by atoms with E-state index in [1.54, 1.807) is 11.2 Å². The van der Waals surface area contributed by atoms with Gasteiger partial charge in [0.15, 0.2) is 6.10 Å². The molecule has 9 heteroatoms. The molecule has 1 saturated heterocycles. The van der Waals surface area contributed by atoms with E-state index in [1.165, 1.54) is 0 Å². The van der Waals surface area contributed by atoms with Gasteiger partial charge in [-0.3, -0.25) is 4.79 Å². The number of amides is 2. The number of nitrogens with zero attached hydrogens (tertiary/aromatic N) is 2. The predicted molar refractivity (Wildman–Crippen MR) is 134 cm³/mol. The Kier molecular flexibility index (Phi) is 8.10. The standard InChI is InChI=1S/C27H38N2O7/c1-18(19-15-22(33-12-6-5-11-30)21-9-13-34-23(21)16-19)29(20-7-8-20)25(31)24-17-28(10-14-35-24)26(32)36-27(2,3)4/h9,13,15-16,18,20,24,30H,5-8,10-12,14,17H2,1-4H3/t18?,24-/m1/s1. The summed E-state index contributed by atoms with van der Waals surface area (Å²) in [5.74, 6) is 0.581. The third kappa shape index (κ3) is 6.31. The largest absolute Gasteiger partial charge is 0.493 e. The van der Waals surface area contributed by atoms with Gasteiger partial charge >= 0.3 is 6.09 Å². The molecule has 4 rings (SSSR count). The third-order valence-corrected chi connectivity index (χ3v) is 6.45. The Morgan fingerprint density at radius 3 is 2.72 bits per heavy atom. The molecule has 2 heterocycles. The second-order valence-corrected chi connectivity index (χ2v) is 10.6. The number of fused-ring (bicyclic) bond motifs is 1. The Morgan fingerprint density at radius 2 is 2.03 bits per heavy atom. The SMILES string of the molecule is CC(c1cc(OCCCCO)c2ccoc2c1)N(C(=O)[C@H]1CN(C(=O)OC(C)(C)C)CCO1)C1CC1. The molecule has 0 radical (unpaired) electrons. The number of ether oxygens (including phenoxy) is 3. The highest BCUT2D eigenvalue weighted by molar-refractivity contribution is 5.86. The van der Waals surface area contributed by atoms with E-state index in [0.29, 0.717) is 30.9 Å². The van der Waals surface area contributed by atoms with Crippen LogP contribution in [-0.2, 0) is 14.3 Å². The summed E-state index contributed by atoms with van der Waals surface area (Å²) in [6, 6.07) is 5.70. The van der Waals surface area contributed by atoms with Crippen LogP contribution in [0.3, 0.4) is 0 Å². The summed E-state index contributed by atoms with van der Waals surface area (Å²) < 4.78 is 23.1. The van der Waals surface area contributed by atoms with Crippen molar-refractivity contribution in [3.05, 3.63) is 30.0 Å². The van der Waals surface area contributed by atoms with E-state index in [0.717, 1.165) is 30.2 Å². The number of morpholine rings is 1. The number of aliphatic hydroxyl groups excluding tert-OH is 1. The molecule has 1 aliphatic carbocycles. The Balaban J connectivity index is 1.51. The summed E-state index contributed by atoms with van der Waals surface area (Å²) in [4.78, 5) is 29.8. The Bertz CT molecular complexity index is 1060. The van der Waals surface area contributed by atoms with Crippen LogP contribution in [0.25, 0.3) is 11.0 Å². The van der Waals surface area contributed by atoms with Crippen molar-refractivity contribution in [2.75, 3.05) is 32.9 Å². The number of benzene rings is 1. The lowest BCUT2D eigenvalue weighted by molar-refractivity contribution is -0.151. The van der Waals surface area contributed by atoms with Gasteiger partial charge in [-0.2, -0.15) is 0 Å². The van der Waals surface area contributed by atoms with E-state index in [9.17, 15) is 9.59 Å². The van der Waals surface area contributed by atoms with Crippen LogP contribution in [-0.4, -0.2) is 77.6 Å². The maximum atomic E-state index is 13.7. The van der Waals surface area contributed by atoms with Gasteiger partial charge < -0.3 is 33.5 Å². The fourth-order valence-corrected chi connectivity index (χ4v) is 4.47. The predicted octanol–water partition coefficient (Wildman–Crippen LogP) is 4.27. The van der Waals surface area contributed by atoms with Crippen LogP contribution >= 0.6 is 0 Å². The summed E-state index contributed by atoms with van der Waals surface area (Å²) in [6.45, 7) is 8.94. The maximum Gasteiger partial charge on any atom is 0.410 e. The molecular weight excluding hydrogens is 464 g/mol. The summed E-state index contributed by atoms with van der Waals surface area (Å²) in [6.07, 6.45) is 3.76. The summed E-state index contributed by atoms with van der Waals surface area (Å²) in [5, 5.41) is 9.92. The lowest BCUT2D eigenvalue weighted by atomic mass is 10.0. The van der Waals surface area contributed by atoms with Crippen molar-refractivity contribution in [3.63, 3.8) is 0 Å². The average molecular weight is 503 g/mol. The van der Waals surface area contributed by atoms with Crippen molar-refractivity contribution in [1.29, 1.82) is 0 Å². The van der Waals surface area contributed by atoms with Gasteiger partial charge in [-0.15, -0.1) is 0 Å². The lowest BCUT2D eigenvalue weighted by Gasteiger charge is -2.38. The number of carbonyl (C=O) groups excluding carboxylic acids is 2. The number of aliphatic hydroxyl groups is 1. The molecule has 1 saturated carbocycles. The van der Waals surface area contributed by atoms with Crippen molar-refractivity contribution in [2.45, 2.75) is 77.2 Å². The van der Waals surface area contributed by atoms with Gasteiger partial charge in [-0.05, 0) is 77.1 Å². The fourth-order valence-electron chi connectivity index (χ4n) is 4.47. The first-order chi connectivity index (χ1) is 17.2. The normalized spacial score (nSPS) is 19.2. The van der Waals surface area contributed by atoms with Gasteiger partial charge in [0.2, 0.25) is 0 Å². The molecule has 1 unspecified atom stereocenters. The molecule has 0 bridgehead atoms. The van der Waals surface area contributed by atoms with Crippen LogP contribution in [0.5, 0.6) is 5.75 Å². The second kappa shape index (κ2) is 11.1. The molecule has 1 N–H and O–H groups in total. The molecule has 36 heavy (non-hydrogen) atoms. The van der Waals surface area contributed by atoms with Crippen LogP contribution in [0.15, 0.2) is 28.9 Å². The van der Waals surface area contributed by atoms with E-state index in [4.69, 9.17) is 23.7 Å². The Labute approximate surface area is 212 Å². The fraction of sp³-hybridized carbons (Fsp3) is 0.630. The average Bonchev–Trinajstić information content (AvgIpc) is 3.55.